The van der Waals surface area contributed by atoms with Crippen molar-refractivity contribution < 1.29 is 4.79 Å². The zero-order chi connectivity index (χ0) is 13.9. The van der Waals surface area contributed by atoms with Gasteiger partial charge >= 0.3 is 0 Å². The lowest BCUT2D eigenvalue weighted by Gasteiger charge is -2.15. The molecule has 0 bridgehead atoms. The summed E-state index contributed by atoms with van der Waals surface area (Å²) in [6, 6.07) is 13.6. The Labute approximate surface area is 128 Å². The largest absolute Gasteiger partial charge is 0.322 e. The predicted molar refractivity (Wildman–Crippen MR) is 88.3 cm³/mol. The van der Waals surface area contributed by atoms with Crippen molar-refractivity contribution >= 4 is 36.0 Å². The molecule has 20 heavy (non-hydrogen) atoms. The molecule has 0 fully saturated rings. The summed E-state index contributed by atoms with van der Waals surface area (Å²) in [5.74, 6) is 1.13. The standard InChI is InChI=1S/C16H15NOS2/c18-16(17-13-4-6-14(19)7-5-13)12-3-8-15-11(10-12)2-1-9-20-15/h3-8,10,19H,1-2,9H2,(H,17,18)/p+1. The van der Waals surface area contributed by atoms with Crippen LogP contribution in [0.3, 0.4) is 0 Å². The third-order valence-electron chi connectivity index (χ3n) is 3.31. The maximum atomic E-state index is 12.3. The van der Waals surface area contributed by atoms with Crippen molar-refractivity contribution in [3.63, 3.8) is 0 Å². The van der Waals surface area contributed by atoms with Gasteiger partial charge in [0.05, 0.1) is 0 Å². The first kappa shape index (κ1) is 13.6. The Morgan fingerprint density at radius 1 is 1.15 bits per heavy atom. The molecule has 0 radical (unpaired) electrons. The molecule has 0 atom stereocenters. The first-order chi connectivity index (χ1) is 9.72. The van der Waals surface area contributed by atoms with Crippen molar-refractivity contribution in [1.82, 2.24) is 0 Å². The van der Waals surface area contributed by atoms with Crippen LogP contribution in [0.2, 0.25) is 0 Å². The van der Waals surface area contributed by atoms with E-state index in [4.69, 9.17) is 0 Å². The fraction of sp³-hybridized carbons (Fsp3) is 0.188. The maximum absolute atomic E-state index is 12.3. The van der Waals surface area contributed by atoms with Crippen LogP contribution in [-0.4, -0.2) is 11.7 Å². The van der Waals surface area contributed by atoms with E-state index in [9.17, 15) is 4.79 Å². The summed E-state index contributed by atoms with van der Waals surface area (Å²) in [5.41, 5.74) is 2.84. The number of aryl methyl sites for hydroxylation is 1. The van der Waals surface area contributed by atoms with Gasteiger partial charge in [-0.25, -0.2) is 0 Å². The van der Waals surface area contributed by atoms with E-state index < -0.39 is 0 Å². The Balaban J connectivity index is 1.78. The van der Waals surface area contributed by atoms with Gasteiger partial charge in [-0.2, -0.15) is 0 Å². The average molecular weight is 302 g/mol. The minimum Gasteiger partial charge on any atom is -0.322 e. The molecule has 0 aromatic heterocycles. The number of fused-ring (bicyclic) bond motifs is 1. The summed E-state index contributed by atoms with van der Waals surface area (Å²) in [7, 11) is 0. The molecule has 1 aliphatic heterocycles. The van der Waals surface area contributed by atoms with Gasteiger partial charge in [-0.15, -0.1) is 11.8 Å². The first-order valence-electron chi connectivity index (χ1n) is 6.61. The van der Waals surface area contributed by atoms with Crippen LogP contribution < -0.4 is 5.32 Å². The summed E-state index contributed by atoms with van der Waals surface area (Å²) < 4.78 is 0. The molecule has 4 heteroatoms. The molecule has 3 rings (SSSR count). The number of nitrogens with one attached hydrogen (secondary N) is 1. The Morgan fingerprint density at radius 3 is 2.75 bits per heavy atom. The Kier molecular flexibility index (Phi) is 4.03. The van der Waals surface area contributed by atoms with E-state index in [1.165, 1.54) is 22.6 Å². The molecular formula is C16H16NOS2+. The van der Waals surface area contributed by atoms with Crippen LogP contribution in [0.25, 0.3) is 0 Å². The highest BCUT2D eigenvalue weighted by molar-refractivity contribution is 7.99. The Bertz CT molecular complexity index is 637. The molecule has 0 spiro atoms. The van der Waals surface area contributed by atoms with Gasteiger partial charge in [-0.1, -0.05) is 0 Å². The first-order valence-corrected chi connectivity index (χ1v) is 8.10. The third-order valence-corrected chi connectivity index (χ3v) is 4.85. The van der Waals surface area contributed by atoms with Crippen LogP contribution in [0.15, 0.2) is 52.3 Å². The normalized spacial score (nSPS) is 13.7. The number of anilines is 1. The molecule has 1 N–H and O–H groups in total. The number of carbonyl (C=O) groups excluding carboxylic acids is 1. The van der Waals surface area contributed by atoms with E-state index in [0.29, 0.717) is 0 Å². The van der Waals surface area contributed by atoms with Crippen LogP contribution in [-0.2, 0) is 19.0 Å². The minimum absolute atomic E-state index is 0.0508. The predicted octanol–water partition coefficient (Wildman–Crippen LogP) is 3.35. The second-order valence-corrected chi connectivity index (χ2v) is 6.52. The number of hydrogen-bond acceptors (Lipinski definition) is 2. The van der Waals surface area contributed by atoms with E-state index >= 15 is 0 Å². The monoisotopic (exact) mass is 302 g/mol. The number of rotatable bonds is 2. The quantitative estimate of drug-likeness (QED) is 0.862. The van der Waals surface area contributed by atoms with Crippen molar-refractivity contribution in [2.45, 2.75) is 22.6 Å². The summed E-state index contributed by atoms with van der Waals surface area (Å²) >= 11 is 5.31. The van der Waals surface area contributed by atoms with Gasteiger partial charge in [-0.3, -0.25) is 4.79 Å². The van der Waals surface area contributed by atoms with Crippen LogP contribution in [0.1, 0.15) is 22.3 Å². The zero-order valence-electron chi connectivity index (χ0n) is 11.0. The van der Waals surface area contributed by atoms with Gasteiger partial charge in [0.2, 0.25) is 0 Å². The Morgan fingerprint density at radius 2 is 1.95 bits per heavy atom. The number of thioether (sulfide) groups is 1. The summed E-state index contributed by atoms with van der Waals surface area (Å²) in [6.45, 7) is 0. The van der Waals surface area contributed by atoms with E-state index in [-0.39, 0.29) is 5.91 Å². The van der Waals surface area contributed by atoms with Crippen molar-refractivity contribution in [3.05, 3.63) is 53.6 Å². The molecule has 0 aliphatic carbocycles. The molecule has 0 saturated heterocycles. The lowest BCUT2D eigenvalue weighted by atomic mass is 10.1. The minimum atomic E-state index is -0.0508. The second kappa shape index (κ2) is 5.94. The molecule has 0 unspecified atom stereocenters. The summed E-state index contributed by atoms with van der Waals surface area (Å²) in [4.78, 5) is 14.6. The van der Waals surface area contributed by atoms with Gasteiger partial charge in [0.15, 0.2) is 0 Å². The van der Waals surface area contributed by atoms with Gasteiger partial charge in [0.1, 0.15) is 4.90 Å². The highest BCUT2D eigenvalue weighted by Crippen LogP contribution is 2.30. The zero-order valence-corrected chi connectivity index (χ0v) is 12.8. The second-order valence-electron chi connectivity index (χ2n) is 4.81. The van der Waals surface area contributed by atoms with Gasteiger partial charge in [0.25, 0.3) is 5.91 Å². The topological polar surface area (TPSA) is 29.1 Å². The molecule has 1 heterocycles. The van der Waals surface area contributed by atoms with Crippen molar-refractivity contribution in [1.29, 1.82) is 0 Å². The molecule has 1 aliphatic rings. The van der Waals surface area contributed by atoms with Crippen LogP contribution in [0, 0.1) is 0 Å². The van der Waals surface area contributed by atoms with Crippen LogP contribution >= 0.6 is 11.8 Å². The van der Waals surface area contributed by atoms with Gasteiger partial charge < -0.3 is 5.32 Å². The van der Waals surface area contributed by atoms with E-state index in [1.807, 2.05) is 48.2 Å². The number of carbonyl (C=O) groups is 1. The molecule has 2 aromatic rings. The number of amides is 1. The molecule has 2 aromatic carbocycles. The van der Waals surface area contributed by atoms with Gasteiger partial charge in [-0.05, 0) is 79.3 Å². The van der Waals surface area contributed by atoms with E-state index in [1.54, 1.807) is 0 Å². The lowest BCUT2D eigenvalue weighted by molar-refractivity contribution is 0.102. The SMILES string of the molecule is O=C(Nc1ccc([SH2+])cc1)c1ccc2c(c1)CCCS2. The van der Waals surface area contributed by atoms with Crippen molar-refractivity contribution in [2.24, 2.45) is 0 Å². The van der Waals surface area contributed by atoms with Crippen LogP contribution in [0.4, 0.5) is 5.69 Å². The smallest absolute Gasteiger partial charge is 0.255 e. The molecule has 1 amide bonds. The molecule has 2 nitrogen and oxygen atoms in total. The van der Waals surface area contributed by atoms with E-state index in [0.717, 1.165) is 22.6 Å². The molecule has 102 valence electrons. The van der Waals surface area contributed by atoms with Crippen molar-refractivity contribution in [3.8, 4) is 0 Å². The fourth-order valence-electron chi connectivity index (χ4n) is 2.26. The van der Waals surface area contributed by atoms with Gasteiger partial charge in [0, 0.05) is 16.1 Å². The summed E-state index contributed by atoms with van der Waals surface area (Å²) in [6.07, 6.45) is 2.26. The van der Waals surface area contributed by atoms with E-state index in [2.05, 4.69) is 24.0 Å². The fourth-order valence-corrected chi connectivity index (χ4v) is 3.44. The Hall–Kier alpha value is -1.39. The third kappa shape index (κ3) is 3.02. The maximum Gasteiger partial charge on any atom is 0.255 e. The average Bonchev–Trinajstić information content (AvgIpc) is 2.49. The summed E-state index contributed by atoms with van der Waals surface area (Å²) in [5, 5.41) is 2.92. The highest BCUT2D eigenvalue weighted by atomic mass is 32.2. The van der Waals surface area contributed by atoms with Crippen molar-refractivity contribution in [2.75, 3.05) is 11.1 Å². The highest BCUT2D eigenvalue weighted by Gasteiger charge is 2.13. The number of hydrogen-bond donors (Lipinski definition) is 1. The van der Waals surface area contributed by atoms with Crippen LogP contribution in [0.5, 0.6) is 0 Å². The molecular weight excluding hydrogens is 286 g/mol. The lowest BCUT2D eigenvalue weighted by Crippen LogP contribution is -2.13. The molecule has 0 saturated carbocycles. The number of benzene rings is 2.